The highest BCUT2D eigenvalue weighted by Gasteiger charge is 2.33. The smallest absolute Gasteiger partial charge is 0.241 e. The summed E-state index contributed by atoms with van der Waals surface area (Å²) in [6.45, 7) is 5.25. The van der Waals surface area contributed by atoms with Gasteiger partial charge in [0.15, 0.2) is 16.7 Å². The molecular formula is C21H22BrN3O4S. The van der Waals surface area contributed by atoms with Gasteiger partial charge in [-0.25, -0.2) is 5.01 Å². The molecule has 9 heteroatoms. The van der Waals surface area contributed by atoms with Crippen LogP contribution in [0.2, 0.25) is 0 Å². The van der Waals surface area contributed by atoms with E-state index in [0.717, 1.165) is 11.1 Å². The Labute approximate surface area is 187 Å². The van der Waals surface area contributed by atoms with Crippen molar-refractivity contribution in [3.8, 4) is 11.5 Å². The Balaban J connectivity index is 1.84. The number of nitrogens with one attached hydrogen (secondary N) is 1. The number of hydrazone groups is 1. The number of rotatable bonds is 5. The molecule has 158 valence electrons. The Morgan fingerprint density at radius 2 is 1.93 bits per heavy atom. The van der Waals surface area contributed by atoms with Gasteiger partial charge < -0.3 is 14.8 Å². The number of benzene rings is 2. The molecule has 0 saturated carbocycles. The zero-order valence-electron chi connectivity index (χ0n) is 17.1. The molecular weight excluding hydrogens is 470 g/mol. The lowest BCUT2D eigenvalue weighted by Gasteiger charge is -2.21. The van der Waals surface area contributed by atoms with Crippen LogP contribution in [0, 0.1) is 6.92 Å². The highest BCUT2D eigenvalue weighted by Crippen LogP contribution is 2.44. The van der Waals surface area contributed by atoms with Crippen LogP contribution in [0.4, 0.5) is 0 Å². The van der Waals surface area contributed by atoms with Crippen LogP contribution in [0.3, 0.4) is 0 Å². The number of amides is 2. The van der Waals surface area contributed by atoms with Gasteiger partial charge in [0, 0.05) is 13.8 Å². The lowest BCUT2D eigenvalue weighted by molar-refractivity contribution is -0.129. The van der Waals surface area contributed by atoms with E-state index in [4.69, 9.17) is 9.47 Å². The Morgan fingerprint density at radius 1 is 1.23 bits per heavy atom. The van der Waals surface area contributed by atoms with Crippen LogP contribution in [0.25, 0.3) is 0 Å². The van der Waals surface area contributed by atoms with Crippen LogP contribution in [0.15, 0.2) is 46.0 Å². The molecule has 0 aliphatic carbocycles. The maximum absolute atomic E-state index is 12.1. The highest BCUT2D eigenvalue weighted by atomic mass is 79.9. The maximum atomic E-state index is 12.1. The van der Waals surface area contributed by atoms with Crippen molar-refractivity contribution in [3.05, 3.63) is 57.6 Å². The van der Waals surface area contributed by atoms with Crippen LogP contribution in [0.5, 0.6) is 11.5 Å². The number of carbonyl (C=O) groups is 2. The predicted molar refractivity (Wildman–Crippen MR) is 120 cm³/mol. The van der Waals surface area contributed by atoms with Gasteiger partial charge in [0.1, 0.15) is 12.0 Å². The van der Waals surface area contributed by atoms with E-state index in [9.17, 15) is 9.59 Å². The summed E-state index contributed by atoms with van der Waals surface area (Å²) >= 11 is 4.84. The van der Waals surface area contributed by atoms with Crippen molar-refractivity contribution in [2.75, 3.05) is 7.11 Å². The first-order chi connectivity index (χ1) is 14.3. The van der Waals surface area contributed by atoms with Gasteiger partial charge in [-0.3, -0.25) is 9.59 Å². The van der Waals surface area contributed by atoms with Gasteiger partial charge in [-0.15, -0.1) is 5.10 Å². The standard InChI is InChI=1S/C21H22BrN3O4S/c1-12-5-7-15(8-6-12)11-29-19-17(22)9-16(10-18(19)28-4)20-25(14(3)27)24-21(30-20)23-13(2)26/h5-10,20H,11H2,1-4H3,(H,23,24,26)/t20-/m1/s1. The van der Waals surface area contributed by atoms with E-state index in [-0.39, 0.29) is 11.8 Å². The van der Waals surface area contributed by atoms with Gasteiger partial charge in [0.05, 0.1) is 11.6 Å². The van der Waals surface area contributed by atoms with E-state index in [1.807, 2.05) is 43.3 Å². The van der Waals surface area contributed by atoms with E-state index in [1.54, 1.807) is 7.11 Å². The SMILES string of the molecule is COc1cc([C@H]2SC(NC(C)=O)=NN2C(C)=O)cc(Br)c1OCc1ccc(C)cc1. The lowest BCUT2D eigenvalue weighted by Crippen LogP contribution is -2.25. The van der Waals surface area contributed by atoms with Crippen molar-refractivity contribution in [2.45, 2.75) is 32.8 Å². The molecule has 0 radical (unpaired) electrons. The highest BCUT2D eigenvalue weighted by molar-refractivity contribution is 9.10. The molecule has 0 fully saturated rings. The van der Waals surface area contributed by atoms with Crippen LogP contribution >= 0.6 is 27.7 Å². The third-order valence-corrected chi connectivity index (χ3v) is 5.98. The van der Waals surface area contributed by atoms with E-state index in [2.05, 4.69) is 26.3 Å². The van der Waals surface area contributed by atoms with E-state index in [1.165, 1.54) is 36.2 Å². The molecule has 1 aliphatic heterocycles. The molecule has 0 spiro atoms. The Kier molecular flexibility index (Phi) is 7.04. The molecule has 7 nitrogen and oxygen atoms in total. The summed E-state index contributed by atoms with van der Waals surface area (Å²) in [5.41, 5.74) is 3.01. The van der Waals surface area contributed by atoms with Crippen LogP contribution in [-0.2, 0) is 16.2 Å². The predicted octanol–water partition coefficient (Wildman–Crippen LogP) is 4.35. The number of carbonyl (C=O) groups excluding carboxylic acids is 2. The topological polar surface area (TPSA) is 80.2 Å². The zero-order valence-corrected chi connectivity index (χ0v) is 19.5. The van der Waals surface area contributed by atoms with Gasteiger partial charge in [0.2, 0.25) is 11.8 Å². The summed E-state index contributed by atoms with van der Waals surface area (Å²) < 4.78 is 12.2. The minimum atomic E-state index is -0.430. The van der Waals surface area contributed by atoms with Crippen molar-refractivity contribution in [2.24, 2.45) is 5.10 Å². The van der Waals surface area contributed by atoms with E-state index >= 15 is 0 Å². The van der Waals surface area contributed by atoms with Crippen molar-refractivity contribution >= 4 is 44.7 Å². The van der Waals surface area contributed by atoms with Gasteiger partial charge in [-0.05, 0) is 46.1 Å². The second-order valence-electron chi connectivity index (χ2n) is 6.73. The molecule has 2 aromatic rings. The molecule has 2 aromatic carbocycles. The number of ether oxygens (including phenoxy) is 2. The molecule has 2 amide bonds. The van der Waals surface area contributed by atoms with Gasteiger partial charge in [-0.1, -0.05) is 41.6 Å². The second-order valence-corrected chi connectivity index (χ2v) is 8.65. The fourth-order valence-corrected chi connectivity index (χ4v) is 4.53. The molecule has 0 aromatic heterocycles. The normalized spacial score (nSPS) is 15.6. The molecule has 0 unspecified atom stereocenters. The maximum Gasteiger partial charge on any atom is 0.241 e. The summed E-state index contributed by atoms with van der Waals surface area (Å²) in [6, 6.07) is 11.8. The summed E-state index contributed by atoms with van der Waals surface area (Å²) in [4.78, 5) is 23.4. The number of hydrogen-bond acceptors (Lipinski definition) is 6. The van der Waals surface area contributed by atoms with Crippen LogP contribution in [-0.4, -0.2) is 29.1 Å². The number of aryl methyl sites for hydroxylation is 1. The molecule has 30 heavy (non-hydrogen) atoms. The third kappa shape index (κ3) is 5.14. The number of hydrogen-bond donors (Lipinski definition) is 1. The van der Waals surface area contributed by atoms with Crippen LogP contribution in [0.1, 0.15) is 35.9 Å². The first-order valence-electron chi connectivity index (χ1n) is 9.17. The zero-order chi connectivity index (χ0) is 21.8. The average Bonchev–Trinajstić information content (AvgIpc) is 3.11. The van der Waals surface area contributed by atoms with E-state index in [0.29, 0.717) is 27.7 Å². The van der Waals surface area contributed by atoms with E-state index < -0.39 is 5.37 Å². The van der Waals surface area contributed by atoms with Gasteiger partial charge in [0.25, 0.3) is 0 Å². The Morgan fingerprint density at radius 3 is 2.53 bits per heavy atom. The number of nitrogens with zero attached hydrogens (tertiary/aromatic N) is 2. The Hall–Kier alpha value is -2.52. The number of thioether (sulfide) groups is 1. The van der Waals surface area contributed by atoms with Crippen molar-refractivity contribution < 1.29 is 19.1 Å². The first kappa shape index (κ1) is 22.2. The monoisotopic (exact) mass is 491 g/mol. The van der Waals surface area contributed by atoms with Crippen molar-refractivity contribution in [1.82, 2.24) is 10.3 Å². The van der Waals surface area contributed by atoms with Gasteiger partial charge in [-0.2, -0.15) is 0 Å². The molecule has 1 aliphatic rings. The molecule has 1 atom stereocenters. The molecule has 0 bridgehead atoms. The average molecular weight is 492 g/mol. The second kappa shape index (κ2) is 9.53. The third-order valence-electron chi connectivity index (χ3n) is 4.29. The van der Waals surface area contributed by atoms with Crippen LogP contribution < -0.4 is 14.8 Å². The summed E-state index contributed by atoms with van der Waals surface area (Å²) in [7, 11) is 1.56. The fourth-order valence-electron chi connectivity index (χ4n) is 2.84. The largest absolute Gasteiger partial charge is 0.493 e. The minimum absolute atomic E-state index is 0.234. The molecule has 1 heterocycles. The minimum Gasteiger partial charge on any atom is -0.493 e. The van der Waals surface area contributed by atoms with Crippen molar-refractivity contribution in [1.29, 1.82) is 0 Å². The molecule has 1 N–H and O–H groups in total. The van der Waals surface area contributed by atoms with Gasteiger partial charge >= 0.3 is 0 Å². The number of halogens is 1. The summed E-state index contributed by atoms with van der Waals surface area (Å²) in [5, 5.41) is 8.14. The fraction of sp³-hybridized carbons (Fsp3) is 0.286. The first-order valence-corrected chi connectivity index (χ1v) is 10.8. The molecule has 0 saturated heterocycles. The van der Waals surface area contributed by atoms with Crippen molar-refractivity contribution in [3.63, 3.8) is 0 Å². The number of methoxy groups -OCH3 is 1. The Bertz CT molecular complexity index is 994. The lowest BCUT2D eigenvalue weighted by atomic mass is 10.1. The summed E-state index contributed by atoms with van der Waals surface area (Å²) in [6.07, 6.45) is 0. The molecule has 3 rings (SSSR count). The summed E-state index contributed by atoms with van der Waals surface area (Å²) in [5.74, 6) is 0.623. The quantitative estimate of drug-likeness (QED) is 0.672. The number of amidine groups is 1.